The number of nitrogens with one attached hydrogen (secondary N) is 2. The van der Waals surface area contributed by atoms with Gasteiger partial charge in [0.2, 0.25) is 5.91 Å². The minimum atomic E-state index is -1.44. The Morgan fingerprint density at radius 1 is 1.15 bits per heavy atom. The van der Waals surface area contributed by atoms with E-state index in [2.05, 4.69) is 10.6 Å². The molecule has 1 aliphatic heterocycles. The molecule has 13 nitrogen and oxygen atoms in total. The van der Waals surface area contributed by atoms with Crippen LogP contribution in [0.25, 0.3) is 0 Å². The molecule has 0 saturated carbocycles. The highest BCUT2D eigenvalue weighted by atomic mass is 19.1. The van der Waals surface area contributed by atoms with Crippen molar-refractivity contribution in [3.05, 3.63) is 52.8 Å². The topological polar surface area (TPSA) is 183 Å². The maximum atomic E-state index is 14.4. The summed E-state index contributed by atoms with van der Waals surface area (Å²) in [5.41, 5.74) is 0.793. The molecule has 218 valence electrons. The Kier molecular flexibility index (Phi) is 9.73. The number of hydrogen-bond acceptors (Lipinski definition) is 8. The fraction of sp³-hybridized carbons (Fsp3) is 0.333. The summed E-state index contributed by atoms with van der Waals surface area (Å²) >= 11 is 0. The van der Waals surface area contributed by atoms with E-state index in [1.165, 1.54) is 25.3 Å². The molecular formula is C27H29FN4O9. The van der Waals surface area contributed by atoms with Crippen LogP contribution in [0.15, 0.2) is 30.3 Å². The third-order valence-electron chi connectivity index (χ3n) is 6.28. The van der Waals surface area contributed by atoms with Crippen LogP contribution >= 0.6 is 0 Å². The average molecular weight is 573 g/mol. The van der Waals surface area contributed by atoms with Gasteiger partial charge >= 0.3 is 5.97 Å². The minimum Gasteiger partial charge on any atom is -0.507 e. The number of carbonyl (C=O) groups excluding carboxylic acids is 5. The maximum Gasteiger partial charge on any atom is 0.305 e. The van der Waals surface area contributed by atoms with Gasteiger partial charge in [0.05, 0.1) is 30.4 Å². The molecular weight excluding hydrogens is 543 g/mol. The maximum absolute atomic E-state index is 14.4. The molecule has 1 heterocycles. The normalized spacial score (nSPS) is 15.4. The zero-order chi connectivity index (χ0) is 30.4. The number of methoxy groups -OCH3 is 1. The summed E-state index contributed by atoms with van der Waals surface area (Å²) < 4.78 is 19.3. The number of phenolic OH excluding ortho intramolecular Hbond substituents is 1. The van der Waals surface area contributed by atoms with Crippen LogP contribution in [0.2, 0.25) is 0 Å². The zero-order valence-corrected chi connectivity index (χ0v) is 22.5. The minimum absolute atomic E-state index is 0.00498. The van der Waals surface area contributed by atoms with Gasteiger partial charge in [-0.25, -0.2) is 4.39 Å². The van der Waals surface area contributed by atoms with Gasteiger partial charge in [0.25, 0.3) is 17.7 Å². The van der Waals surface area contributed by atoms with Crippen molar-refractivity contribution in [3.8, 4) is 5.75 Å². The summed E-state index contributed by atoms with van der Waals surface area (Å²) in [4.78, 5) is 77.1. The first kappa shape index (κ1) is 30.7. The van der Waals surface area contributed by atoms with E-state index in [9.17, 15) is 38.3 Å². The molecule has 0 saturated heterocycles. The number of fused-ring (bicyclic) bond motifs is 1. The number of aromatic hydroxyl groups is 1. The Morgan fingerprint density at radius 2 is 1.80 bits per heavy atom. The molecule has 0 unspecified atom stereocenters. The van der Waals surface area contributed by atoms with Gasteiger partial charge in [-0.3, -0.25) is 28.9 Å². The van der Waals surface area contributed by atoms with Crippen LogP contribution in [0.5, 0.6) is 5.75 Å². The standard InChI is InChI=1S/C27H29FN4O9/c1-14-6-16(7-15(2)25(14)38)26(39)30-19-10-31(23(35)13-41-3)21-8-17(28)4-5-20(21)32(27(19)40)11-22(34)29-18(12-33)9-24(36)37/h4-8,12,18-19,38H,9-11,13H2,1-3H3,(H,29,34)(H,30,39)(H,36,37)/t18-,19-/m0/s1. The summed E-state index contributed by atoms with van der Waals surface area (Å²) in [6.45, 7) is 1.52. The third kappa shape index (κ3) is 7.22. The van der Waals surface area contributed by atoms with E-state index in [4.69, 9.17) is 9.84 Å². The molecule has 2 aromatic rings. The number of ether oxygens (including phenoxy) is 1. The summed E-state index contributed by atoms with van der Waals surface area (Å²) in [5, 5.41) is 23.8. The van der Waals surface area contributed by atoms with Crippen LogP contribution in [-0.2, 0) is 28.7 Å². The first-order chi connectivity index (χ1) is 19.4. The molecule has 41 heavy (non-hydrogen) atoms. The second-order valence-electron chi connectivity index (χ2n) is 9.39. The Morgan fingerprint density at radius 3 is 2.39 bits per heavy atom. The summed E-state index contributed by atoms with van der Waals surface area (Å²) in [6, 6.07) is 3.15. The van der Waals surface area contributed by atoms with Crippen molar-refractivity contribution in [1.82, 2.24) is 10.6 Å². The molecule has 3 rings (SSSR count). The predicted molar refractivity (Wildman–Crippen MR) is 142 cm³/mol. The third-order valence-corrected chi connectivity index (χ3v) is 6.28. The number of amides is 4. The number of carbonyl (C=O) groups is 6. The fourth-order valence-corrected chi connectivity index (χ4v) is 4.36. The largest absolute Gasteiger partial charge is 0.507 e. The zero-order valence-electron chi connectivity index (χ0n) is 22.5. The number of phenols is 1. The lowest BCUT2D eigenvalue weighted by Gasteiger charge is -2.25. The van der Waals surface area contributed by atoms with E-state index in [1.54, 1.807) is 13.8 Å². The molecule has 0 radical (unpaired) electrons. The number of aliphatic carboxylic acids is 1. The summed E-state index contributed by atoms with van der Waals surface area (Å²) in [6.07, 6.45) is -0.468. The lowest BCUT2D eigenvalue weighted by Crippen LogP contribution is -2.55. The van der Waals surface area contributed by atoms with E-state index in [1.807, 2.05) is 0 Å². The van der Waals surface area contributed by atoms with Crippen LogP contribution in [-0.4, -0.2) is 85.0 Å². The van der Waals surface area contributed by atoms with Crippen LogP contribution in [0, 0.1) is 19.7 Å². The van der Waals surface area contributed by atoms with Crippen molar-refractivity contribution in [2.75, 3.05) is 36.6 Å². The van der Waals surface area contributed by atoms with Crippen molar-refractivity contribution >= 4 is 47.3 Å². The smallest absolute Gasteiger partial charge is 0.305 e. The Labute approximate surface area is 233 Å². The number of carboxylic acid groups (broad SMARTS) is 1. The highest BCUT2D eigenvalue weighted by Crippen LogP contribution is 2.34. The first-order valence-corrected chi connectivity index (χ1v) is 12.3. The molecule has 4 N–H and O–H groups in total. The van der Waals surface area contributed by atoms with Gasteiger partial charge in [-0.05, 0) is 55.3 Å². The highest BCUT2D eigenvalue weighted by molar-refractivity contribution is 6.11. The Bertz CT molecular complexity index is 1370. The van der Waals surface area contributed by atoms with Crippen LogP contribution in [0.4, 0.5) is 15.8 Å². The fourth-order valence-electron chi connectivity index (χ4n) is 4.36. The predicted octanol–water partition coefficient (Wildman–Crippen LogP) is 0.431. The number of rotatable bonds is 10. The number of halogens is 1. The van der Waals surface area contributed by atoms with Gasteiger partial charge in [0.1, 0.15) is 37.0 Å². The van der Waals surface area contributed by atoms with Crippen molar-refractivity contribution < 1.29 is 48.1 Å². The lowest BCUT2D eigenvalue weighted by molar-refractivity contribution is -0.139. The summed E-state index contributed by atoms with van der Waals surface area (Å²) in [5.74, 6) is -5.26. The van der Waals surface area contributed by atoms with Crippen molar-refractivity contribution in [3.63, 3.8) is 0 Å². The molecule has 14 heteroatoms. The first-order valence-electron chi connectivity index (χ1n) is 12.3. The molecule has 0 spiro atoms. The van der Waals surface area contributed by atoms with Crippen molar-refractivity contribution in [2.24, 2.45) is 0 Å². The second-order valence-corrected chi connectivity index (χ2v) is 9.39. The number of benzene rings is 2. The van der Waals surface area contributed by atoms with Gasteiger partial charge < -0.3 is 35.3 Å². The van der Waals surface area contributed by atoms with E-state index in [0.29, 0.717) is 11.1 Å². The monoisotopic (exact) mass is 572 g/mol. The average Bonchev–Trinajstić information content (AvgIpc) is 3.01. The molecule has 0 aromatic heterocycles. The number of anilines is 2. The number of hydrogen-bond donors (Lipinski definition) is 4. The second kappa shape index (κ2) is 13.0. The number of aldehydes is 1. The van der Waals surface area contributed by atoms with Crippen LogP contribution < -0.4 is 20.4 Å². The van der Waals surface area contributed by atoms with Crippen molar-refractivity contribution in [2.45, 2.75) is 32.4 Å². The Balaban J connectivity index is 2.03. The molecule has 1 aliphatic rings. The van der Waals surface area contributed by atoms with E-state index in [0.717, 1.165) is 21.9 Å². The van der Waals surface area contributed by atoms with Gasteiger partial charge in [0.15, 0.2) is 0 Å². The lowest BCUT2D eigenvalue weighted by atomic mass is 10.0. The summed E-state index contributed by atoms with van der Waals surface area (Å²) in [7, 11) is 1.26. The van der Waals surface area contributed by atoms with E-state index in [-0.39, 0.29) is 29.0 Å². The molecule has 2 aromatic carbocycles. The van der Waals surface area contributed by atoms with Gasteiger partial charge in [0, 0.05) is 12.7 Å². The molecule has 0 fully saturated rings. The quantitative estimate of drug-likeness (QED) is 0.293. The van der Waals surface area contributed by atoms with Gasteiger partial charge in [-0.15, -0.1) is 0 Å². The molecule has 0 bridgehead atoms. The van der Waals surface area contributed by atoms with Crippen LogP contribution in [0.1, 0.15) is 27.9 Å². The van der Waals surface area contributed by atoms with E-state index >= 15 is 0 Å². The Hall–Kier alpha value is -4.85. The van der Waals surface area contributed by atoms with Crippen molar-refractivity contribution in [1.29, 1.82) is 0 Å². The van der Waals surface area contributed by atoms with E-state index < -0.39 is 73.6 Å². The molecule has 0 aliphatic carbocycles. The number of nitrogens with zero attached hydrogens (tertiary/aromatic N) is 2. The van der Waals surface area contributed by atoms with Gasteiger partial charge in [-0.2, -0.15) is 0 Å². The van der Waals surface area contributed by atoms with Gasteiger partial charge in [-0.1, -0.05) is 0 Å². The number of carboxylic acids is 1. The number of aryl methyl sites for hydroxylation is 2. The molecule has 2 atom stereocenters. The van der Waals surface area contributed by atoms with Crippen LogP contribution in [0.3, 0.4) is 0 Å². The SMILES string of the molecule is COCC(=O)N1C[C@H](NC(=O)c2cc(C)c(O)c(C)c2)C(=O)N(CC(=O)N[C@H](C=O)CC(=O)O)c2ccc(F)cc21. The highest BCUT2D eigenvalue weighted by Gasteiger charge is 2.38. The molecule has 4 amide bonds.